The molecule has 0 unspecified atom stereocenters. The molecule has 5 aromatic carbocycles. The van der Waals surface area contributed by atoms with Crippen LogP contribution in [0.15, 0.2) is 120 Å². The van der Waals surface area contributed by atoms with Crippen LogP contribution in [0.2, 0.25) is 5.02 Å². The van der Waals surface area contributed by atoms with Crippen LogP contribution < -0.4 is 15.5 Å². The molecule has 0 saturated heterocycles. The number of carbonyl (C=O) groups excluding carboxylic acids is 1. The molecule has 0 radical (unpaired) electrons. The van der Waals surface area contributed by atoms with Gasteiger partial charge in [0.25, 0.3) is 5.91 Å². The van der Waals surface area contributed by atoms with Gasteiger partial charge in [0.05, 0.1) is 15.5 Å². The lowest BCUT2D eigenvalue weighted by atomic mass is 10.1. The second-order valence-electron chi connectivity index (χ2n) is 9.56. The number of ether oxygens (including phenoxy) is 1. The Morgan fingerprint density at radius 3 is 2.56 bits per heavy atom. The molecule has 0 fully saturated rings. The van der Waals surface area contributed by atoms with Gasteiger partial charge in [0.1, 0.15) is 12.4 Å². The molecule has 1 heterocycles. The second-order valence-corrected chi connectivity index (χ2v) is 12.0. The Labute approximate surface area is 271 Å². The van der Waals surface area contributed by atoms with Gasteiger partial charge in [0.2, 0.25) is 0 Å². The summed E-state index contributed by atoms with van der Waals surface area (Å²) in [5.74, 6) is 0.499. The van der Waals surface area contributed by atoms with Gasteiger partial charge in [-0.15, -0.1) is 11.3 Å². The third kappa shape index (κ3) is 7.22. The van der Waals surface area contributed by atoms with Crippen LogP contribution in [-0.2, 0) is 6.61 Å². The summed E-state index contributed by atoms with van der Waals surface area (Å²) in [7, 11) is 0. The summed E-state index contributed by atoms with van der Waals surface area (Å²) in [5.41, 5.74) is 7.74. The van der Waals surface area contributed by atoms with Gasteiger partial charge < -0.3 is 10.1 Å². The third-order valence-corrected chi connectivity index (χ3v) is 8.49. The number of hydrazone groups is 1. The molecule has 0 spiro atoms. The highest BCUT2D eigenvalue weighted by Gasteiger charge is 2.09. The predicted octanol–water partition coefficient (Wildman–Crippen LogP) is 9.31. The quantitative estimate of drug-likeness (QED) is 0.0890. The van der Waals surface area contributed by atoms with Gasteiger partial charge in [0.15, 0.2) is 5.13 Å². The van der Waals surface area contributed by atoms with Crippen molar-refractivity contribution in [1.29, 1.82) is 0 Å². The molecule has 6 aromatic rings. The Hall–Kier alpha value is -4.25. The van der Waals surface area contributed by atoms with E-state index in [1.165, 1.54) is 22.1 Å². The van der Waals surface area contributed by atoms with E-state index in [0.717, 1.165) is 42.5 Å². The summed E-state index contributed by atoms with van der Waals surface area (Å²) in [4.78, 5) is 17.3. The summed E-state index contributed by atoms with van der Waals surface area (Å²) in [5, 5.41) is 13.2. The first kappa shape index (κ1) is 28.9. The van der Waals surface area contributed by atoms with Crippen molar-refractivity contribution in [3.8, 4) is 17.0 Å². The molecular weight excluding hydrogens is 691 g/mol. The molecule has 0 bridgehead atoms. The maximum Gasteiger partial charge on any atom is 0.271 e. The van der Waals surface area contributed by atoms with E-state index < -0.39 is 0 Å². The summed E-state index contributed by atoms with van der Waals surface area (Å²) in [6.07, 6.45) is 1.62. The summed E-state index contributed by atoms with van der Waals surface area (Å²) in [6.45, 7) is 0.476. The zero-order valence-electron chi connectivity index (χ0n) is 22.6. The number of fused-ring (bicyclic) bond motifs is 1. The largest absolute Gasteiger partial charge is 0.488 e. The van der Waals surface area contributed by atoms with Gasteiger partial charge in [-0.2, -0.15) is 5.10 Å². The Balaban J connectivity index is 1.03. The molecule has 1 aromatic heterocycles. The molecule has 0 atom stereocenters. The fourth-order valence-corrected chi connectivity index (χ4v) is 5.99. The van der Waals surface area contributed by atoms with Crippen molar-refractivity contribution in [1.82, 2.24) is 10.4 Å². The van der Waals surface area contributed by atoms with Gasteiger partial charge >= 0.3 is 0 Å². The first-order chi connectivity index (χ1) is 21.0. The van der Waals surface area contributed by atoms with Crippen LogP contribution in [-0.4, -0.2) is 17.1 Å². The van der Waals surface area contributed by atoms with Crippen molar-refractivity contribution in [3.63, 3.8) is 0 Å². The number of hydrogen-bond acceptors (Lipinski definition) is 6. The Morgan fingerprint density at radius 2 is 1.74 bits per heavy atom. The number of nitrogens with zero attached hydrogens (tertiary/aromatic N) is 2. The van der Waals surface area contributed by atoms with Crippen LogP contribution >= 0.6 is 45.5 Å². The van der Waals surface area contributed by atoms with Crippen molar-refractivity contribution < 1.29 is 9.53 Å². The number of halogens is 2. The standard InChI is InChI=1S/C34H24ClIN4O2S/c35-27-13-15-28(16-14-27)38-34-39-31(21-43-34)24-9-11-25(12-10-24)33(41)40-37-19-22-8-17-32(30(36)18-22)42-20-26-6-3-5-23-4-1-2-7-29(23)26/h1-19,21H,20H2,(H,38,39)(H,40,41)/b37-19-. The number of aromatic nitrogens is 1. The molecule has 1 amide bonds. The van der Waals surface area contributed by atoms with Crippen LogP contribution in [0.4, 0.5) is 10.8 Å². The average Bonchev–Trinajstić information content (AvgIpc) is 3.50. The fourth-order valence-electron chi connectivity index (χ4n) is 4.43. The number of nitrogens with one attached hydrogen (secondary N) is 2. The zero-order valence-corrected chi connectivity index (χ0v) is 26.4. The number of benzene rings is 5. The molecule has 9 heteroatoms. The number of hydrogen-bond donors (Lipinski definition) is 2. The van der Waals surface area contributed by atoms with Gasteiger partial charge in [-0.3, -0.25) is 4.79 Å². The molecule has 0 aliphatic rings. The second kappa shape index (κ2) is 13.4. The lowest BCUT2D eigenvalue weighted by molar-refractivity contribution is 0.0955. The van der Waals surface area contributed by atoms with Crippen LogP contribution in [0, 0.1) is 3.57 Å². The van der Waals surface area contributed by atoms with E-state index in [0.29, 0.717) is 17.2 Å². The molecular formula is C34H24ClIN4O2S. The number of carbonyl (C=O) groups is 1. The Morgan fingerprint density at radius 1 is 0.953 bits per heavy atom. The highest BCUT2D eigenvalue weighted by Crippen LogP contribution is 2.28. The highest BCUT2D eigenvalue weighted by molar-refractivity contribution is 14.1. The predicted molar refractivity (Wildman–Crippen MR) is 185 cm³/mol. The molecule has 6 nitrogen and oxygen atoms in total. The summed E-state index contributed by atoms with van der Waals surface area (Å²) in [6, 6.07) is 35.0. The first-order valence-electron chi connectivity index (χ1n) is 13.3. The molecule has 212 valence electrons. The van der Waals surface area contributed by atoms with Crippen LogP contribution in [0.1, 0.15) is 21.5 Å². The Bertz CT molecular complexity index is 1920. The minimum atomic E-state index is -0.295. The summed E-state index contributed by atoms with van der Waals surface area (Å²) < 4.78 is 7.08. The van der Waals surface area contributed by atoms with E-state index in [2.05, 4.69) is 67.7 Å². The number of anilines is 2. The molecule has 6 rings (SSSR count). The van der Waals surface area contributed by atoms with Crippen molar-refractivity contribution >= 4 is 79.2 Å². The molecule has 43 heavy (non-hydrogen) atoms. The van der Waals surface area contributed by atoms with Gasteiger partial charge in [0, 0.05) is 27.2 Å². The maximum atomic E-state index is 12.7. The van der Waals surface area contributed by atoms with Crippen LogP contribution in [0.25, 0.3) is 22.0 Å². The van der Waals surface area contributed by atoms with Crippen molar-refractivity contribution in [2.24, 2.45) is 5.10 Å². The molecule has 2 N–H and O–H groups in total. The van der Waals surface area contributed by atoms with Gasteiger partial charge in [-0.1, -0.05) is 66.2 Å². The smallest absolute Gasteiger partial charge is 0.271 e. The van der Waals surface area contributed by atoms with Gasteiger partial charge in [-0.25, -0.2) is 10.4 Å². The fraction of sp³-hybridized carbons (Fsp3) is 0.0294. The Kier molecular flexibility index (Phi) is 8.97. The third-order valence-electron chi connectivity index (χ3n) is 6.64. The topological polar surface area (TPSA) is 75.6 Å². The SMILES string of the molecule is O=C(N/N=C\c1ccc(OCc2cccc3ccccc23)c(I)c1)c1ccc(-c2csc(Nc3ccc(Cl)cc3)n2)cc1. The minimum absolute atomic E-state index is 0.295. The summed E-state index contributed by atoms with van der Waals surface area (Å²) >= 11 is 9.71. The van der Waals surface area contributed by atoms with E-state index in [4.69, 9.17) is 16.3 Å². The lowest BCUT2D eigenvalue weighted by Crippen LogP contribution is -2.17. The first-order valence-corrected chi connectivity index (χ1v) is 15.7. The number of amides is 1. The zero-order chi connectivity index (χ0) is 29.6. The van der Waals surface area contributed by atoms with E-state index in [9.17, 15) is 4.79 Å². The highest BCUT2D eigenvalue weighted by atomic mass is 127. The molecule has 0 saturated carbocycles. The van der Waals surface area contributed by atoms with E-state index >= 15 is 0 Å². The van der Waals surface area contributed by atoms with Gasteiger partial charge in [-0.05, 0) is 99.1 Å². The lowest BCUT2D eigenvalue weighted by Gasteiger charge is -2.11. The van der Waals surface area contributed by atoms with E-state index in [-0.39, 0.29) is 5.91 Å². The number of thiazole rings is 1. The van der Waals surface area contributed by atoms with Crippen LogP contribution in [0.5, 0.6) is 5.75 Å². The van der Waals surface area contributed by atoms with Crippen molar-refractivity contribution in [2.75, 3.05) is 5.32 Å². The van der Waals surface area contributed by atoms with Crippen LogP contribution in [0.3, 0.4) is 0 Å². The number of rotatable bonds is 9. The average molecular weight is 715 g/mol. The maximum absolute atomic E-state index is 12.7. The molecule has 0 aliphatic heterocycles. The van der Waals surface area contributed by atoms with E-state index in [1.54, 1.807) is 18.3 Å². The normalized spacial score (nSPS) is 11.1. The molecule has 0 aliphatic carbocycles. The minimum Gasteiger partial charge on any atom is -0.488 e. The van der Waals surface area contributed by atoms with E-state index in [1.807, 2.05) is 78.2 Å². The monoisotopic (exact) mass is 714 g/mol. The van der Waals surface area contributed by atoms with Crippen molar-refractivity contribution in [3.05, 3.63) is 140 Å². The van der Waals surface area contributed by atoms with Crippen molar-refractivity contribution in [2.45, 2.75) is 6.61 Å².